The van der Waals surface area contributed by atoms with Crippen molar-refractivity contribution in [2.24, 2.45) is 5.92 Å². The fourth-order valence-corrected chi connectivity index (χ4v) is 2.32. The van der Waals surface area contributed by atoms with Crippen LogP contribution in [0.4, 0.5) is 0 Å². The molecule has 2 unspecified atom stereocenters. The average Bonchev–Trinajstić information content (AvgIpc) is 2.42. The van der Waals surface area contributed by atoms with E-state index in [-0.39, 0.29) is 17.9 Å². The van der Waals surface area contributed by atoms with E-state index in [0.29, 0.717) is 0 Å². The molecule has 1 fully saturated rings. The van der Waals surface area contributed by atoms with Gasteiger partial charge in [0.1, 0.15) is 0 Å². The van der Waals surface area contributed by atoms with Crippen molar-refractivity contribution >= 4 is 5.91 Å². The Morgan fingerprint density at radius 3 is 2.94 bits per heavy atom. The topological polar surface area (TPSA) is 41.6 Å². The van der Waals surface area contributed by atoms with Crippen molar-refractivity contribution in [1.82, 2.24) is 10.2 Å². The van der Waals surface area contributed by atoms with Crippen LogP contribution in [0.2, 0.25) is 0 Å². The lowest BCUT2D eigenvalue weighted by Crippen LogP contribution is -2.46. The van der Waals surface area contributed by atoms with Gasteiger partial charge in [-0.1, -0.05) is 20.8 Å². The second-order valence-corrected chi connectivity index (χ2v) is 5.13. The molecule has 0 aromatic carbocycles. The van der Waals surface area contributed by atoms with Crippen LogP contribution in [0.5, 0.6) is 0 Å². The molecule has 0 spiro atoms. The molecular formula is C14H28N2O2. The van der Waals surface area contributed by atoms with Crippen molar-refractivity contribution in [2.45, 2.75) is 46.1 Å². The molecule has 0 bridgehead atoms. The summed E-state index contributed by atoms with van der Waals surface area (Å²) in [5.41, 5.74) is 0. The summed E-state index contributed by atoms with van der Waals surface area (Å²) in [4.78, 5) is 14.2. The number of ether oxygens (including phenoxy) is 1. The Labute approximate surface area is 111 Å². The Balaban J connectivity index is 2.37. The Morgan fingerprint density at radius 2 is 2.28 bits per heavy atom. The summed E-state index contributed by atoms with van der Waals surface area (Å²) in [5.74, 6) is 0.329. The van der Waals surface area contributed by atoms with E-state index >= 15 is 0 Å². The zero-order valence-corrected chi connectivity index (χ0v) is 12.1. The molecule has 4 nitrogen and oxygen atoms in total. The van der Waals surface area contributed by atoms with E-state index in [1.807, 2.05) is 11.8 Å². The minimum absolute atomic E-state index is 0.0647. The Kier molecular flexibility index (Phi) is 7.28. The Bertz CT molecular complexity index is 246. The summed E-state index contributed by atoms with van der Waals surface area (Å²) in [5, 5.41) is 3.23. The number of carbonyl (C=O) groups excluding carboxylic acids is 1. The van der Waals surface area contributed by atoms with Crippen LogP contribution >= 0.6 is 0 Å². The first-order chi connectivity index (χ1) is 8.69. The van der Waals surface area contributed by atoms with Crippen LogP contribution < -0.4 is 5.32 Å². The van der Waals surface area contributed by atoms with Gasteiger partial charge in [-0.2, -0.15) is 0 Å². The van der Waals surface area contributed by atoms with E-state index in [0.717, 1.165) is 52.0 Å². The summed E-state index contributed by atoms with van der Waals surface area (Å²) in [6.07, 6.45) is 3.44. The van der Waals surface area contributed by atoms with Gasteiger partial charge in [0.25, 0.3) is 0 Å². The number of carbonyl (C=O) groups is 1. The molecule has 1 N–H and O–H groups in total. The lowest BCUT2D eigenvalue weighted by atomic mass is 10.0. The normalized spacial score (nSPS) is 21.9. The molecule has 1 heterocycles. The number of amides is 1. The average molecular weight is 256 g/mol. The van der Waals surface area contributed by atoms with Gasteiger partial charge in [-0.25, -0.2) is 0 Å². The summed E-state index contributed by atoms with van der Waals surface area (Å²) in [6.45, 7) is 10.3. The molecule has 1 aliphatic heterocycles. The smallest absolute Gasteiger partial charge is 0.226 e. The maximum atomic E-state index is 12.3. The Morgan fingerprint density at radius 1 is 1.50 bits per heavy atom. The number of hydrogen-bond acceptors (Lipinski definition) is 3. The van der Waals surface area contributed by atoms with Gasteiger partial charge < -0.3 is 15.0 Å². The number of nitrogens with one attached hydrogen (secondary N) is 1. The quantitative estimate of drug-likeness (QED) is 0.753. The van der Waals surface area contributed by atoms with Gasteiger partial charge in [0.15, 0.2) is 0 Å². The largest absolute Gasteiger partial charge is 0.376 e. The van der Waals surface area contributed by atoms with Crippen molar-refractivity contribution in [3.8, 4) is 0 Å². The number of hydrogen-bond donors (Lipinski definition) is 1. The molecular weight excluding hydrogens is 228 g/mol. The van der Waals surface area contributed by atoms with E-state index < -0.39 is 0 Å². The third-order valence-electron chi connectivity index (χ3n) is 3.37. The first kappa shape index (κ1) is 15.4. The molecule has 106 valence electrons. The van der Waals surface area contributed by atoms with Gasteiger partial charge >= 0.3 is 0 Å². The first-order valence-electron chi connectivity index (χ1n) is 7.30. The number of nitrogens with zero attached hydrogens (tertiary/aromatic N) is 1. The Hall–Kier alpha value is -0.610. The maximum absolute atomic E-state index is 12.3. The number of likely N-dealkylation sites (tertiary alicyclic amines) is 1. The van der Waals surface area contributed by atoms with Gasteiger partial charge in [0.05, 0.1) is 6.10 Å². The van der Waals surface area contributed by atoms with Gasteiger partial charge in [0, 0.05) is 32.2 Å². The van der Waals surface area contributed by atoms with E-state index in [9.17, 15) is 4.79 Å². The second-order valence-electron chi connectivity index (χ2n) is 5.13. The third kappa shape index (κ3) is 4.94. The predicted octanol–water partition coefficient (Wildman–Crippen LogP) is 1.65. The van der Waals surface area contributed by atoms with Crippen molar-refractivity contribution in [1.29, 1.82) is 0 Å². The van der Waals surface area contributed by atoms with Gasteiger partial charge in [-0.3, -0.25) is 4.79 Å². The molecule has 0 aromatic heterocycles. The van der Waals surface area contributed by atoms with Crippen LogP contribution in [0.25, 0.3) is 0 Å². The molecule has 1 aliphatic rings. The van der Waals surface area contributed by atoms with Crippen molar-refractivity contribution in [3.63, 3.8) is 0 Å². The highest BCUT2D eigenvalue weighted by Gasteiger charge is 2.26. The zero-order valence-electron chi connectivity index (χ0n) is 12.1. The summed E-state index contributed by atoms with van der Waals surface area (Å²) >= 11 is 0. The molecule has 2 atom stereocenters. The lowest BCUT2D eigenvalue weighted by molar-refractivity contribution is -0.139. The standard InChI is InChI=1S/C14H28N2O2/c1-4-9-18-13-7-6-8-16(11-13)14(17)12(3)10-15-5-2/h12-13,15H,4-11H2,1-3H3. The van der Waals surface area contributed by atoms with Crippen LogP contribution in [0, 0.1) is 5.92 Å². The van der Waals surface area contributed by atoms with Crippen LogP contribution in [0.1, 0.15) is 40.0 Å². The SMILES string of the molecule is CCCOC1CCCN(C(=O)C(C)CNCC)C1. The fourth-order valence-electron chi connectivity index (χ4n) is 2.32. The zero-order chi connectivity index (χ0) is 13.4. The highest BCUT2D eigenvalue weighted by atomic mass is 16.5. The monoisotopic (exact) mass is 256 g/mol. The summed E-state index contributed by atoms with van der Waals surface area (Å²) in [6, 6.07) is 0. The number of piperidine rings is 1. The van der Waals surface area contributed by atoms with Crippen LogP contribution in [0.3, 0.4) is 0 Å². The van der Waals surface area contributed by atoms with E-state index in [1.165, 1.54) is 0 Å². The van der Waals surface area contributed by atoms with Crippen molar-refractivity contribution < 1.29 is 9.53 Å². The van der Waals surface area contributed by atoms with Gasteiger partial charge in [0.2, 0.25) is 5.91 Å². The van der Waals surface area contributed by atoms with E-state index in [1.54, 1.807) is 0 Å². The molecule has 18 heavy (non-hydrogen) atoms. The molecule has 0 radical (unpaired) electrons. The molecule has 1 saturated heterocycles. The minimum atomic E-state index is 0.0647. The predicted molar refractivity (Wildman–Crippen MR) is 73.6 cm³/mol. The molecule has 1 rings (SSSR count). The lowest BCUT2D eigenvalue weighted by Gasteiger charge is -2.34. The minimum Gasteiger partial charge on any atom is -0.376 e. The highest BCUT2D eigenvalue weighted by Crippen LogP contribution is 2.15. The van der Waals surface area contributed by atoms with E-state index in [2.05, 4.69) is 19.2 Å². The summed E-state index contributed by atoms with van der Waals surface area (Å²) < 4.78 is 5.76. The number of rotatable bonds is 7. The molecule has 4 heteroatoms. The van der Waals surface area contributed by atoms with E-state index in [4.69, 9.17) is 4.74 Å². The van der Waals surface area contributed by atoms with Crippen LogP contribution in [0.15, 0.2) is 0 Å². The van der Waals surface area contributed by atoms with Crippen molar-refractivity contribution in [2.75, 3.05) is 32.8 Å². The maximum Gasteiger partial charge on any atom is 0.226 e. The summed E-state index contributed by atoms with van der Waals surface area (Å²) in [7, 11) is 0. The molecule has 0 aromatic rings. The first-order valence-corrected chi connectivity index (χ1v) is 7.30. The van der Waals surface area contributed by atoms with Gasteiger partial charge in [-0.15, -0.1) is 0 Å². The highest BCUT2D eigenvalue weighted by molar-refractivity contribution is 5.78. The van der Waals surface area contributed by atoms with Crippen molar-refractivity contribution in [3.05, 3.63) is 0 Å². The third-order valence-corrected chi connectivity index (χ3v) is 3.37. The van der Waals surface area contributed by atoms with Crippen LogP contribution in [-0.2, 0) is 9.53 Å². The fraction of sp³-hybridized carbons (Fsp3) is 0.929. The molecule has 0 saturated carbocycles. The molecule has 1 amide bonds. The van der Waals surface area contributed by atoms with Gasteiger partial charge in [-0.05, 0) is 25.8 Å². The molecule has 0 aliphatic carbocycles. The van der Waals surface area contributed by atoms with Crippen LogP contribution in [-0.4, -0.2) is 49.7 Å². The second kappa shape index (κ2) is 8.48.